The Bertz CT molecular complexity index is 931. The fraction of sp³-hybridized carbons (Fsp3) is 0.250. The second-order valence-corrected chi connectivity index (χ2v) is 6.75. The van der Waals surface area contributed by atoms with Crippen molar-refractivity contribution < 1.29 is 28.6 Å². The molecular formula is C20H22ClN3O6. The number of hydrogen-bond donors (Lipinski definition) is 3. The van der Waals surface area contributed by atoms with Gasteiger partial charge in [-0.05, 0) is 50.2 Å². The number of nitrogens with two attached hydrogens (primary N) is 1. The molecule has 0 aliphatic heterocycles. The molecule has 3 amide bonds. The van der Waals surface area contributed by atoms with Crippen molar-refractivity contribution in [3.63, 3.8) is 0 Å². The van der Waals surface area contributed by atoms with Crippen molar-refractivity contribution in [2.45, 2.75) is 20.0 Å². The molecule has 0 fully saturated rings. The van der Waals surface area contributed by atoms with Crippen LogP contribution in [0.25, 0.3) is 0 Å². The Balaban J connectivity index is 2.04. The molecule has 2 rings (SSSR count). The van der Waals surface area contributed by atoms with Crippen molar-refractivity contribution in [2.75, 3.05) is 13.7 Å². The fourth-order valence-corrected chi connectivity index (χ4v) is 2.61. The molecule has 0 heterocycles. The Morgan fingerprint density at radius 3 is 2.17 bits per heavy atom. The number of carbonyl (C=O) groups is 3. The van der Waals surface area contributed by atoms with Crippen molar-refractivity contribution in [2.24, 2.45) is 5.73 Å². The summed E-state index contributed by atoms with van der Waals surface area (Å²) in [6.45, 7) is 3.39. The van der Waals surface area contributed by atoms with E-state index in [9.17, 15) is 14.4 Å². The van der Waals surface area contributed by atoms with E-state index in [1.54, 1.807) is 24.3 Å². The maximum absolute atomic E-state index is 12.4. The Hall–Kier alpha value is -3.46. The molecule has 0 saturated heterocycles. The summed E-state index contributed by atoms with van der Waals surface area (Å²) >= 11 is 6.11. The van der Waals surface area contributed by atoms with E-state index < -0.39 is 24.3 Å². The van der Waals surface area contributed by atoms with Gasteiger partial charge in [-0.15, -0.1) is 0 Å². The van der Waals surface area contributed by atoms with Crippen LogP contribution >= 0.6 is 11.6 Å². The summed E-state index contributed by atoms with van der Waals surface area (Å²) in [5, 5.41) is 0.0350. The van der Waals surface area contributed by atoms with Crippen LogP contribution in [0.4, 0.5) is 0 Å². The Morgan fingerprint density at radius 1 is 1.03 bits per heavy atom. The zero-order valence-electron chi connectivity index (χ0n) is 16.7. The van der Waals surface area contributed by atoms with Crippen LogP contribution < -0.4 is 30.8 Å². The highest BCUT2D eigenvalue weighted by Crippen LogP contribution is 2.36. The Kier molecular flexibility index (Phi) is 7.88. The Morgan fingerprint density at radius 2 is 1.63 bits per heavy atom. The number of nitrogens with one attached hydrogen (secondary N) is 2. The van der Waals surface area contributed by atoms with Crippen LogP contribution in [-0.2, 0) is 4.79 Å². The number of hydrogen-bond acceptors (Lipinski definition) is 6. The summed E-state index contributed by atoms with van der Waals surface area (Å²) in [7, 11) is 1.35. The fourth-order valence-electron chi connectivity index (χ4n) is 2.35. The smallest absolute Gasteiger partial charge is 0.269 e. The van der Waals surface area contributed by atoms with Gasteiger partial charge in [-0.3, -0.25) is 25.2 Å². The van der Waals surface area contributed by atoms with Gasteiger partial charge in [-0.1, -0.05) is 11.6 Å². The van der Waals surface area contributed by atoms with Crippen LogP contribution in [0.1, 0.15) is 34.6 Å². The van der Waals surface area contributed by atoms with Crippen LogP contribution in [0.5, 0.6) is 17.2 Å². The number of primary amides is 1. The van der Waals surface area contributed by atoms with Crippen LogP contribution in [0.2, 0.25) is 5.02 Å². The van der Waals surface area contributed by atoms with Gasteiger partial charge in [0.25, 0.3) is 17.7 Å². The zero-order chi connectivity index (χ0) is 22.3. The van der Waals surface area contributed by atoms with E-state index in [4.69, 9.17) is 31.5 Å². The predicted octanol–water partition coefficient (Wildman–Crippen LogP) is 2.07. The molecule has 2 aromatic carbocycles. The van der Waals surface area contributed by atoms with Crippen LogP contribution in [0, 0.1) is 0 Å². The second kappa shape index (κ2) is 10.4. The van der Waals surface area contributed by atoms with E-state index in [1.807, 2.05) is 13.8 Å². The number of ether oxygens (including phenoxy) is 3. The zero-order valence-corrected chi connectivity index (χ0v) is 17.4. The van der Waals surface area contributed by atoms with Crippen molar-refractivity contribution in [1.82, 2.24) is 10.9 Å². The van der Waals surface area contributed by atoms with Crippen molar-refractivity contribution >= 4 is 29.3 Å². The summed E-state index contributed by atoms with van der Waals surface area (Å²) in [6, 6.07) is 9.12. The highest BCUT2D eigenvalue weighted by molar-refractivity contribution is 6.32. The molecule has 0 atom stereocenters. The first-order chi connectivity index (χ1) is 14.2. The lowest BCUT2D eigenvalue weighted by molar-refractivity contribution is -0.119. The average Bonchev–Trinajstić information content (AvgIpc) is 2.70. The normalized spacial score (nSPS) is 10.3. The number of hydrazine groups is 1. The highest BCUT2D eigenvalue weighted by atomic mass is 35.5. The number of rotatable bonds is 8. The molecule has 0 unspecified atom stereocenters. The van der Waals surface area contributed by atoms with E-state index in [0.717, 1.165) is 0 Å². The molecule has 4 N–H and O–H groups in total. The minimum Gasteiger partial charge on any atom is -0.493 e. The van der Waals surface area contributed by atoms with E-state index in [0.29, 0.717) is 11.3 Å². The topological polar surface area (TPSA) is 129 Å². The van der Waals surface area contributed by atoms with E-state index in [1.165, 1.54) is 19.2 Å². The standard InChI is InChI=1S/C20H22ClN3O6/c1-11(2)30-14-6-4-12(5-7-14)19(26)23-24-20(27)13-8-15(21)18(16(9-13)28-3)29-10-17(22)25/h4-9,11H,10H2,1-3H3,(H2,22,25)(H,23,26)(H,24,27). The molecule has 0 spiro atoms. The third kappa shape index (κ3) is 6.28. The van der Waals surface area contributed by atoms with Crippen molar-refractivity contribution in [3.05, 3.63) is 52.5 Å². The second-order valence-electron chi connectivity index (χ2n) is 6.34. The molecule has 0 aliphatic rings. The first-order valence-electron chi connectivity index (χ1n) is 8.87. The summed E-state index contributed by atoms with van der Waals surface area (Å²) in [5.41, 5.74) is 10.1. The van der Waals surface area contributed by atoms with Gasteiger partial charge < -0.3 is 19.9 Å². The van der Waals surface area contributed by atoms with E-state index in [2.05, 4.69) is 10.9 Å². The van der Waals surface area contributed by atoms with E-state index >= 15 is 0 Å². The predicted molar refractivity (Wildman–Crippen MR) is 110 cm³/mol. The number of methoxy groups -OCH3 is 1. The number of carbonyl (C=O) groups excluding carboxylic acids is 3. The summed E-state index contributed by atoms with van der Waals surface area (Å²) in [4.78, 5) is 35.5. The van der Waals surface area contributed by atoms with Gasteiger partial charge in [0.05, 0.1) is 18.2 Å². The molecule has 160 valence electrons. The SMILES string of the molecule is COc1cc(C(=O)NNC(=O)c2ccc(OC(C)C)cc2)cc(Cl)c1OCC(N)=O. The van der Waals surface area contributed by atoms with Gasteiger partial charge in [0.1, 0.15) is 5.75 Å². The maximum atomic E-state index is 12.4. The van der Waals surface area contributed by atoms with Crippen molar-refractivity contribution in [3.8, 4) is 17.2 Å². The highest BCUT2D eigenvalue weighted by Gasteiger charge is 2.17. The van der Waals surface area contributed by atoms with Gasteiger partial charge in [-0.2, -0.15) is 0 Å². The van der Waals surface area contributed by atoms with Gasteiger partial charge >= 0.3 is 0 Å². The average molecular weight is 436 g/mol. The summed E-state index contributed by atoms with van der Waals surface area (Å²) in [5.74, 6) is -1.01. The molecule has 0 aromatic heterocycles. The number of benzene rings is 2. The van der Waals surface area contributed by atoms with Gasteiger partial charge in [0, 0.05) is 11.1 Å². The molecule has 30 heavy (non-hydrogen) atoms. The van der Waals surface area contributed by atoms with Crippen molar-refractivity contribution in [1.29, 1.82) is 0 Å². The van der Waals surface area contributed by atoms with E-state index in [-0.39, 0.29) is 28.2 Å². The molecule has 0 bridgehead atoms. The third-order valence-electron chi connectivity index (χ3n) is 3.63. The monoisotopic (exact) mass is 435 g/mol. The molecular weight excluding hydrogens is 414 g/mol. The number of amides is 3. The lowest BCUT2D eigenvalue weighted by Gasteiger charge is -2.14. The molecule has 9 nitrogen and oxygen atoms in total. The van der Waals surface area contributed by atoms with Crippen LogP contribution in [-0.4, -0.2) is 37.5 Å². The quantitative estimate of drug-likeness (QED) is 0.544. The first-order valence-corrected chi connectivity index (χ1v) is 9.25. The van der Waals surface area contributed by atoms with Gasteiger partial charge in [0.15, 0.2) is 18.1 Å². The molecule has 0 aliphatic carbocycles. The minimum atomic E-state index is -0.693. The molecule has 0 saturated carbocycles. The lowest BCUT2D eigenvalue weighted by atomic mass is 10.2. The maximum Gasteiger partial charge on any atom is 0.269 e. The van der Waals surface area contributed by atoms with Gasteiger partial charge in [0.2, 0.25) is 0 Å². The molecule has 10 heteroatoms. The Labute approximate surface area is 178 Å². The molecule has 0 radical (unpaired) electrons. The third-order valence-corrected chi connectivity index (χ3v) is 3.91. The van der Waals surface area contributed by atoms with Gasteiger partial charge in [-0.25, -0.2) is 0 Å². The minimum absolute atomic E-state index is 0.0142. The van der Waals surface area contributed by atoms with Crippen LogP contribution in [0.3, 0.4) is 0 Å². The largest absolute Gasteiger partial charge is 0.493 e. The first kappa shape index (κ1) is 22.8. The summed E-state index contributed by atoms with van der Waals surface area (Å²) < 4.78 is 15.9. The summed E-state index contributed by atoms with van der Waals surface area (Å²) in [6.07, 6.45) is 0.0142. The number of halogens is 1. The van der Waals surface area contributed by atoms with Crippen LogP contribution in [0.15, 0.2) is 36.4 Å². The lowest BCUT2D eigenvalue weighted by Crippen LogP contribution is -2.41. The molecule has 2 aromatic rings.